The summed E-state index contributed by atoms with van der Waals surface area (Å²) in [6, 6.07) is 5.98. The zero-order valence-corrected chi connectivity index (χ0v) is 13.0. The van der Waals surface area contributed by atoms with E-state index in [1.165, 1.54) is 12.1 Å². The number of non-ortho nitro benzene ring substituents is 1. The molecule has 0 bridgehead atoms. The van der Waals surface area contributed by atoms with E-state index in [1.54, 1.807) is 12.1 Å². The number of hydrogen-bond acceptors (Lipinski definition) is 6. The van der Waals surface area contributed by atoms with E-state index in [1.807, 2.05) is 6.92 Å². The lowest BCUT2D eigenvalue weighted by Gasteiger charge is -2.08. The number of hydrogen-bond donors (Lipinski definition) is 2. The van der Waals surface area contributed by atoms with Crippen LogP contribution in [0.4, 0.5) is 11.4 Å². The molecule has 23 heavy (non-hydrogen) atoms. The number of carbonyl (C=O) groups is 2. The summed E-state index contributed by atoms with van der Waals surface area (Å²) >= 11 is 0. The lowest BCUT2D eigenvalue weighted by Crippen LogP contribution is -2.32. The number of rotatable bonds is 10. The van der Waals surface area contributed by atoms with Gasteiger partial charge in [-0.05, 0) is 18.6 Å². The number of nitrogens with one attached hydrogen (secondary N) is 2. The van der Waals surface area contributed by atoms with Crippen LogP contribution in [-0.2, 0) is 14.3 Å². The molecule has 1 rings (SSSR count). The number of carbonyl (C=O) groups excluding carboxylic acids is 2. The summed E-state index contributed by atoms with van der Waals surface area (Å²) in [5.74, 6) is -0.730. The molecule has 126 valence electrons. The van der Waals surface area contributed by atoms with Crippen molar-refractivity contribution in [2.75, 3.05) is 25.0 Å². The fourth-order valence-corrected chi connectivity index (χ4v) is 1.70. The Morgan fingerprint density at radius 2 is 1.91 bits per heavy atom. The number of nitro groups is 1. The van der Waals surface area contributed by atoms with Crippen LogP contribution >= 0.6 is 0 Å². The van der Waals surface area contributed by atoms with Crippen molar-refractivity contribution in [1.82, 2.24) is 5.32 Å². The highest BCUT2D eigenvalue weighted by atomic mass is 16.6. The fourth-order valence-electron chi connectivity index (χ4n) is 1.70. The summed E-state index contributed by atoms with van der Waals surface area (Å²) < 4.78 is 4.82. The quantitative estimate of drug-likeness (QED) is 0.294. The number of esters is 1. The van der Waals surface area contributed by atoms with Gasteiger partial charge < -0.3 is 15.4 Å². The van der Waals surface area contributed by atoms with E-state index in [0.717, 1.165) is 18.5 Å². The Morgan fingerprint density at radius 3 is 2.52 bits per heavy atom. The van der Waals surface area contributed by atoms with Crippen LogP contribution in [0.25, 0.3) is 0 Å². The van der Waals surface area contributed by atoms with Gasteiger partial charge in [-0.3, -0.25) is 19.7 Å². The van der Waals surface area contributed by atoms with Gasteiger partial charge in [-0.1, -0.05) is 13.3 Å². The summed E-state index contributed by atoms with van der Waals surface area (Å²) in [6.07, 6.45) is 1.97. The topological polar surface area (TPSA) is 111 Å². The molecule has 0 fully saturated rings. The van der Waals surface area contributed by atoms with Gasteiger partial charge >= 0.3 is 5.97 Å². The SMILES string of the molecule is CCCCC(=O)OCC(=O)NCCNc1ccc([N+](=O)[O-])cc1. The number of ether oxygens (including phenoxy) is 1. The molecule has 1 aromatic rings. The van der Waals surface area contributed by atoms with Gasteiger partial charge in [0.25, 0.3) is 11.6 Å². The van der Waals surface area contributed by atoms with E-state index in [2.05, 4.69) is 10.6 Å². The van der Waals surface area contributed by atoms with Crippen LogP contribution in [-0.4, -0.2) is 36.5 Å². The number of nitro benzene ring substituents is 1. The normalized spacial score (nSPS) is 9.96. The number of nitrogens with zero attached hydrogens (tertiary/aromatic N) is 1. The highest BCUT2D eigenvalue weighted by Crippen LogP contribution is 2.14. The van der Waals surface area contributed by atoms with Crippen molar-refractivity contribution < 1.29 is 19.2 Å². The minimum absolute atomic E-state index is 0.0220. The predicted octanol–water partition coefficient (Wildman–Crippen LogP) is 1.86. The predicted molar refractivity (Wildman–Crippen MR) is 85.1 cm³/mol. The maximum Gasteiger partial charge on any atom is 0.306 e. The van der Waals surface area contributed by atoms with Crippen molar-refractivity contribution in [2.24, 2.45) is 0 Å². The van der Waals surface area contributed by atoms with E-state index >= 15 is 0 Å². The van der Waals surface area contributed by atoms with E-state index < -0.39 is 4.92 Å². The monoisotopic (exact) mass is 323 g/mol. The van der Waals surface area contributed by atoms with Gasteiger partial charge in [0.05, 0.1) is 4.92 Å². The van der Waals surface area contributed by atoms with Gasteiger partial charge in [0.1, 0.15) is 0 Å². The summed E-state index contributed by atoms with van der Waals surface area (Å²) in [5.41, 5.74) is 0.740. The van der Waals surface area contributed by atoms with Crippen LogP contribution in [0.1, 0.15) is 26.2 Å². The Labute approximate surface area is 134 Å². The van der Waals surface area contributed by atoms with Crippen molar-refractivity contribution in [3.05, 3.63) is 34.4 Å². The van der Waals surface area contributed by atoms with Gasteiger partial charge in [0, 0.05) is 37.3 Å². The van der Waals surface area contributed by atoms with Crippen LogP contribution in [0.15, 0.2) is 24.3 Å². The highest BCUT2D eigenvalue weighted by molar-refractivity contribution is 5.80. The minimum atomic E-state index is -0.466. The van der Waals surface area contributed by atoms with Crippen molar-refractivity contribution in [3.63, 3.8) is 0 Å². The van der Waals surface area contributed by atoms with Crippen LogP contribution in [0.3, 0.4) is 0 Å². The van der Waals surface area contributed by atoms with Crippen molar-refractivity contribution in [1.29, 1.82) is 0 Å². The molecule has 0 aromatic heterocycles. The third-order valence-electron chi connectivity index (χ3n) is 2.95. The molecule has 0 aliphatic heterocycles. The van der Waals surface area contributed by atoms with Crippen molar-refractivity contribution in [2.45, 2.75) is 26.2 Å². The molecule has 0 saturated heterocycles. The van der Waals surface area contributed by atoms with Gasteiger partial charge in [0.2, 0.25) is 0 Å². The maximum atomic E-state index is 11.5. The minimum Gasteiger partial charge on any atom is -0.456 e. The van der Waals surface area contributed by atoms with Crippen LogP contribution in [0, 0.1) is 10.1 Å². The molecule has 2 N–H and O–H groups in total. The first-order valence-corrected chi connectivity index (χ1v) is 7.43. The highest BCUT2D eigenvalue weighted by Gasteiger charge is 2.06. The van der Waals surface area contributed by atoms with E-state index in [4.69, 9.17) is 4.74 Å². The molecule has 0 aliphatic carbocycles. The molecular weight excluding hydrogens is 302 g/mol. The third-order valence-corrected chi connectivity index (χ3v) is 2.95. The Morgan fingerprint density at radius 1 is 1.22 bits per heavy atom. The Balaban J connectivity index is 2.15. The summed E-state index contributed by atoms with van der Waals surface area (Å²) in [6.45, 7) is 2.49. The molecule has 8 heteroatoms. The van der Waals surface area contributed by atoms with Crippen molar-refractivity contribution in [3.8, 4) is 0 Å². The molecule has 0 atom stereocenters. The second kappa shape index (κ2) is 10.1. The Bertz CT molecular complexity index is 530. The largest absolute Gasteiger partial charge is 0.456 e. The number of amides is 1. The van der Waals surface area contributed by atoms with E-state index in [-0.39, 0.29) is 24.2 Å². The van der Waals surface area contributed by atoms with E-state index in [0.29, 0.717) is 19.5 Å². The lowest BCUT2D eigenvalue weighted by atomic mass is 10.2. The second-order valence-corrected chi connectivity index (χ2v) is 4.84. The molecule has 1 amide bonds. The number of unbranched alkanes of at least 4 members (excludes halogenated alkanes) is 1. The first-order valence-electron chi connectivity index (χ1n) is 7.43. The van der Waals surface area contributed by atoms with Crippen LogP contribution in [0.2, 0.25) is 0 Å². The lowest BCUT2D eigenvalue weighted by molar-refractivity contribution is -0.384. The van der Waals surface area contributed by atoms with Gasteiger partial charge in [0.15, 0.2) is 6.61 Å². The molecule has 1 aromatic carbocycles. The third kappa shape index (κ3) is 7.79. The molecule has 0 saturated carbocycles. The zero-order valence-electron chi connectivity index (χ0n) is 13.0. The van der Waals surface area contributed by atoms with Crippen LogP contribution < -0.4 is 10.6 Å². The van der Waals surface area contributed by atoms with E-state index in [9.17, 15) is 19.7 Å². The molecular formula is C15H21N3O5. The second-order valence-electron chi connectivity index (χ2n) is 4.84. The summed E-state index contributed by atoms with van der Waals surface area (Å²) in [4.78, 5) is 32.7. The molecule has 0 heterocycles. The molecule has 8 nitrogen and oxygen atoms in total. The number of benzene rings is 1. The smallest absolute Gasteiger partial charge is 0.306 e. The fraction of sp³-hybridized carbons (Fsp3) is 0.467. The first kappa shape index (κ1) is 18.4. The van der Waals surface area contributed by atoms with Crippen molar-refractivity contribution >= 4 is 23.3 Å². The molecule has 0 spiro atoms. The Kier molecular flexibility index (Phi) is 8.12. The summed E-state index contributed by atoms with van der Waals surface area (Å²) in [7, 11) is 0. The van der Waals surface area contributed by atoms with Gasteiger partial charge in [-0.15, -0.1) is 0 Å². The van der Waals surface area contributed by atoms with Gasteiger partial charge in [-0.25, -0.2) is 0 Å². The number of anilines is 1. The zero-order chi connectivity index (χ0) is 17.1. The Hall–Kier alpha value is -2.64. The molecule has 0 radical (unpaired) electrons. The van der Waals surface area contributed by atoms with Crippen LogP contribution in [0.5, 0.6) is 0 Å². The summed E-state index contributed by atoms with van der Waals surface area (Å²) in [5, 5.41) is 16.1. The average Bonchev–Trinajstić information content (AvgIpc) is 2.55. The standard InChI is InChI=1S/C15H21N3O5/c1-2-3-4-15(20)23-11-14(19)17-10-9-16-12-5-7-13(8-6-12)18(21)22/h5-8,16H,2-4,9-11H2,1H3,(H,17,19). The average molecular weight is 323 g/mol. The first-order chi connectivity index (χ1) is 11.0. The van der Waals surface area contributed by atoms with Gasteiger partial charge in [-0.2, -0.15) is 0 Å². The molecule has 0 aliphatic rings. The maximum absolute atomic E-state index is 11.5. The molecule has 0 unspecified atom stereocenters.